The van der Waals surface area contributed by atoms with Crippen molar-refractivity contribution in [1.82, 2.24) is 9.78 Å². The van der Waals surface area contributed by atoms with Crippen molar-refractivity contribution in [1.29, 1.82) is 5.41 Å². The Labute approximate surface area is 158 Å². The summed E-state index contributed by atoms with van der Waals surface area (Å²) in [5.41, 5.74) is 0.142. The summed E-state index contributed by atoms with van der Waals surface area (Å²) in [7, 11) is 0. The number of benzene rings is 2. The molecule has 2 aromatic carbocycles. The smallest absolute Gasteiger partial charge is 0.313 e. The minimum Gasteiger partial charge on any atom is -0.313 e. The Morgan fingerprint density at radius 3 is 2.36 bits per heavy atom. The second-order valence-corrected chi connectivity index (χ2v) is 5.82. The van der Waals surface area contributed by atoms with Gasteiger partial charge in [0.2, 0.25) is 5.43 Å². The minimum atomic E-state index is -4.43. The maximum atomic E-state index is 12.7. The Morgan fingerprint density at radius 1 is 1.07 bits per heavy atom. The van der Waals surface area contributed by atoms with Crippen LogP contribution >= 0.6 is 0 Å². The topological polar surface area (TPSA) is 71.1 Å². The molecule has 3 aromatic rings. The van der Waals surface area contributed by atoms with Crippen LogP contribution in [0.15, 0.2) is 76.6 Å². The number of hydrogen-bond acceptors (Lipinski definition) is 4. The molecule has 142 valence electrons. The fraction of sp³-hybridized carbons (Fsp3) is 0.100. The molecular formula is C20H15F3N4O. The average Bonchev–Trinajstić information content (AvgIpc) is 2.68. The van der Waals surface area contributed by atoms with E-state index < -0.39 is 11.7 Å². The van der Waals surface area contributed by atoms with Crippen molar-refractivity contribution in [2.45, 2.75) is 12.6 Å². The fourth-order valence-corrected chi connectivity index (χ4v) is 2.50. The highest BCUT2D eigenvalue weighted by atomic mass is 19.4. The number of nitrogens with one attached hydrogen (secondary N) is 1. The van der Waals surface area contributed by atoms with Crippen LogP contribution in [0.25, 0.3) is 5.69 Å². The van der Waals surface area contributed by atoms with Gasteiger partial charge < -0.3 is 5.41 Å². The highest BCUT2D eigenvalue weighted by Crippen LogP contribution is 2.29. The van der Waals surface area contributed by atoms with Crippen molar-refractivity contribution in [2.75, 3.05) is 0 Å². The van der Waals surface area contributed by atoms with Gasteiger partial charge in [-0.05, 0) is 36.4 Å². The van der Waals surface area contributed by atoms with E-state index in [9.17, 15) is 18.0 Å². The first-order valence-electron chi connectivity index (χ1n) is 8.28. The molecule has 0 spiro atoms. The number of hydrogen-bond donors (Lipinski definition) is 1. The van der Waals surface area contributed by atoms with Crippen molar-refractivity contribution in [3.63, 3.8) is 0 Å². The van der Waals surface area contributed by atoms with Crippen LogP contribution in [-0.2, 0) is 6.18 Å². The largest absolute Gasteiger partial charge is 0.416 e. The number of aliphatic imine (C=N–C) groups is 1. The second-order valence-electron chi connectivity index (χ2n) is 5.82. The number of nitrogens with zero attached hydrogens (tertiary/aromatic N) is 3. The summed E-state index contributed by atoms with van der Waals surface area (Å²) in [5, 5.41) is 11.6. The first-order chi connectivity index (χ1) is 13.4. The maximum Gasteiger partial charge on any atom is 0.416 e. The van der Waals surface area contributed by atoms with E-state index in [1.165, 1.54) is 29.1 Å². The highest BCUT2D eigenvalue weighted by Gasteiger charge is 2.30. The Balaban J connectivity index is 2.04. The van der Waals surface area contributed by atoms with Crippen LogP contribution in [0.5, 0.6) is 0 Å². The lowest BCUT2D eigenvalue weighted by atomic mass is 10.2. The molecule has 0 radical (unpaired) electrons. The van der Waals surface area contributed by atoms with Gasteiger partial charge in [0.15, 0.2) is 5.69 Å². The van der Waals surface area contributed by atoms with E-state index in [1.54, 1.807) is 24.3 Å². The van der Waals surface area contributed by atoms with Gasteiger partial charge in [0.1, 0.15) is 0 Å². The van der Waals surface area contributed by atoms with Crippen molar-refractivity contribution in [2.24, 2.45) is 4.99 Å². The molecule has 0 bridgehead atoms. The number of alkyl halides is 3. The third-order valence-corrected chi connectivity index (χ3v) is 3.86. The van der Waals surface area contributed by atoms with E-state index in [0.29, 0.717) is 17.1 Å². The molecule has 0 fully saturated rings. The normalized spacial score (nSPS) is 12.0. The monoisotopic (exact) mass is 384 g/mol. The predicted octanol–water partition coefficient (Wildman–Crippen LogP) is 4.41. The molecule has 8 heteroatoms. The van der Waals surface area contributed by atoms with Crippen LogP contribution in [-0.4, -0.2) is 21.7 Å². The van der Waals surface area contributed by atoms with Crippen LogP contribution < -0.4 is 5.43 Å². The summed E-state index contributed by atoms with van der Waals surface area (Å²) in [6.07, 6.45) is -1.86. The van der Waals surface area contributed by atoms with E-state index >= 15 is 0 Å². The summed E-state index contributed by atoms with van der Waals surface area (Å²) in [6.45, 7) is 0. The molecule has 3 rings (SSSR count). The van der Waals surface area contributed by atoms with Gasteiger partial charge in [0, 0.05) is 24.9 Å². The molecule has 1 heterocycles. The van der Waals surface area contributed by atoms with Crippen LogP contribution in [0.4, 0.5) is 18.9 Å². The molecule has 0 aliphatic rings. The van der Waals surface area contributed by atoms with E-state index in [2.05, 4.69) is 10.1 Å². The fourth-order valence-electron chi connectivity index (χ4n) is 2.50. The summed E-state index contributed by atoms with van der Waals surface area (Å²) < 4.78 is 39.5. The van der Waals surface area contributed by atoms with E-state index in [4.69, 9.17) is 5.41 Å². The Morgan fingerprint density at radius 2 is 1.75 bits per heavy atom. The quantitative estimate of drug-likeness (QED) is 0.662. The molecule has 0 aliphatic heterocycles. The number of para-hydroxylation sites is 1. The van der Waals surface area contributed by atoms with Gasteiger partial charge in [-0.25, -0.2) is 4.68 Å². The Kier molecular flexibility index (Phi) is 5.49. The van der Waals surface area contributed by atoms with Gasteiger partial charge >= 0.3 is 6.18 Å². The molecule has 0 unspecified atom stereocenters. The van der Waals surface area contributed by atoms with Crippen molar-refractivity contribution in [3.05, 3.63) is 88.3 Å². The van der Waals surface area contributed by atoms with Crippen molar-refractivity contribution < 1.29 is 13.2 Å². The zero-order valence-corrected chi connectivity index (χ0v) is 14.5. The molecule has 0 atom stereocenters. The lowest BCUT2D eigenvalue weighted by Gasteiger charge is -2.10. The van der Waals surface area contributed by atoms with Crippen LogP contribution in [0.2, 0.25) is 0 Å². The lowest BCUT2D eigenvalue weighted by Crippen LogP contribution is -2.21. The zero-order valence-electron chi connectivity index (χ0n) is 14.5. The number of rotatable bonds is 5. The molecule has 28 heavy (non-hydrogen) atoms. The lowest BCUT2D eigenvalue weighted by molar-refractivity contribution is -0.137. The summed E-state index contributed by atoms with van der Waals surface area (Å²) >= 11 is 0. The third-order valence-electron chi connectivity index (χ3n) is 3.86. The van der Waals surface area contributed by atoms with Gasteiger partial charge in [0.05, 0.1) is 22.6 Å². The number of aromatic nitrogens is 2. The molecule has 5 nitrogen and oxygen atoms in total. The zero-order chi connectivity index (χ0) is 20.1. The van der Waals surface area contributed by atoms with E-state index in [1.807, 2.05) is 6.07 Å². The Bertz CT molecular complexity index is 1060. The van der Waals surface area contributed by atoms with Crippen LogP contribution in [0.1, 0.15) is 17.7 Å². The first-order valence-corrected chi connectivity index (χ1v) is 8.28. The standard InChI is InChI=1S/C20H15F3N4O/c21-20(22,23)14-6-8-16(9-7-14)27-13-11-18(28)19(26-27)17(10-12-24)25-15-4-2-1-3-5-15/h1-9,11-13,24H,10H2. The summed E-state index contributed by atoms with van der Waals surface area (Å²) in [6, 6.07) is 14.6. The maximum absolute atomic E-state index is 12.7. The molecule has 0 aliphatic carbocycles. The van der Waals surface area contributed by atoms with Gasteiger partial charge in [-0.1, -0.05) is 18.2 Å². The molecule has 0 saturated carbocycles. The molecular weight excluding hydrogens is 369 g/mol. The minimum absolute atomic E-state index is 0.0368. The number of halogens is 3. The summed E-state index contributed by atoms with van der Waals surface area (Å²) in [4.78, 5) is 16.7. The molecule has 0 saturated heterocycles. The Hall–Kier alpha value is -3.55. The summed E-state index contributed by atoms with van der Waals surface area (Å²) in [5.74, 6) is 0. The van der Waals surface area contributed by atoms with Crippen molar-refractivity contribution in [3.8, 4) is 5.69 Å². The van der Waals surface area contributed by atoms with E-state index in [0.717, 1.165) is 18.3 Å². The van der Waals surface area contributed by atoms with Gasteiger partial charge in [-0.3, -0.25) is 9.79 Å². The molecule has 0 amide bonds. The van der Waals surface area contributed by atoms with Crippen LogP contribution in [0, 0.1) is 5.41 Å². The van der Waals surface area contributed by atoms with Crippen molar-refractivity contribution >= 4 is 17.6 Å². The highest BCUT2D eigenvalue weighted by molar-refractivity contribution is 6.06. The van der Waals surface area contributed by atoms with Crippen LogP contribution in [0.3, 0.4) is 0 Å². The third kappa shape index (κ3) is 4.40. The second kappa shape index (κ2) is 7.99. The van der Waals surface area contributed by atoms with E-state index in [-0.39, 0.29) is 17.5 Å². The SMILES string of the molecule is N=CCC(=Nc1ccccc1)c1nn(-c2ccc(C(F)(F)F)cc2)ccc1=O. The van der Waals surface area contributed by atoms with Gasteiger partial charge in [0.25, 0.3) is 0 Å². The van der Waals surface area contributed by atoms with Gasteiger partial charge in [-0.15, -0.1) is 0 Å². The molecule has 1 N–H and O–H groups in total. The van der Waals surface area contributed by atoms with Gasteiger partial charge in [-0.2, -0.15) is 18.3 Å². The predicted molar refractivity (Wildman–Crippen MR) is 101 cm³/mol. The first kappa shape index (κ1) is 19.2. The molecule has 1 aromatic heterocycles. The average molecular weight is 384 g/mol.